The van der Waals surface area contributed by atoms with Crippen LogP contribution in [0.3, 0.4) is 0 Å². The van der Waals surface area contributed by atoms with Crippen LogP contribution in [-0.2, 0) is 65.0 Å². The third-order valence-electron chi connectivity index (χ3n) is 13.6. The molecule has 0 aliphatic heterocycles. The van der Waals surface area contributed by atoms with Gasteiger partial charge in [0.1, 0.15) is 17.8 Å². The maximum absolute atomic E-state index is 13.5. The van der Waals surface area contributed by atoms with Gasteiger partial charge in [0.25, 0.3) is 17.6 Å². The van der Waals surface area contributed by atoms with Crippen molar-refractivity contribution in [1.29, 1.82) is 0 Å². The summed E-state index contributed by atoms with van der Waals surface area (Å²) < 4.78 is 162. The topological polar surface area (TPSA) is 169 Å². The van der Waals surface area contributed by atoms with Gasteiger partial charge in [-0.2, -0.15) is 62.3 Å². The van der Waals surface area contributed by atoms with Gasteiger partial charge in [-0.05, 0) is 115 Å². The van der Waals surface area contributed by atoms with Crippen molar-refractivity contribution in [3.05, 3.63) is 122 Å². The number of benzene rings is 2. The van der Waals surface area contributed by atoms with Crippen LogP contribution >= 0.6 is 0 Å². The number of hydrogen-bond donors (Lipinski definition) is 0. The zero-order chi connectivity index (χ0) is 57.5. The van der Waals surface area contributed by atoms with Crippen LogP contribution in [0, 0.1) is 22.0 Å². The molecule has 2 fully saturated rings. The largest absolute Gasteiger partial charge is 0.416 e. The van der Waals surface area contributed by atoms with Gasteiger partial charge in [-0.15, -0.1) is 10.2 Å². The third kappa shape index (κ3) is 15.9. The smallest absolute Gasteiger partial charge is 0.356 e. The number of rotatable bonds is 19. The number of aryl methyl sites for hydroxylation is 2. The summed E-state index contributed by atoms with van der Waals surface area (Å²) in [5, 5.41) is 35.3. The Balaban J connectivity index is 0.000000229. The van der Waals surface area contributed by atoms with E-state index >= 15 is 0 Å². The molecule has 0 saturated heterocycles. The molecule has 0 atom stereocenters. The molecule has 2 saturated carbocycles. The number of halogens is 12. The predicted molar refractivity (Wildman–Crippen MR) is 265 cm³/mol. The van der Waals surface area contributed by atoms with Crippen molar-refractivity contribution in [1.82, 2.24) is 50.4 Å². The van der Waals surface area contributed by atoms with E-state index in [1.54, 1.807) is 12.3 Å². The number of anilines is 4. The minimum Gasteiger partial charge on any atom is -0.356 e. The molecule has 29 heteroatoms. The molecular weight excluding hydrogens is 1070 g/mol. The van der Waals surface area contributed by atoms with Crippen LogP contribution < -0.4 is 19.6 Å². The van der Waals surface area contributed by atoms with E-state index in [0.717, 1.165) is 79.6 Å². The number of pyridine rings is 2. The van der Waals surface area contributed by atoms with Crippen molar-refractivity contribution >= 4 is 29.2 Å². The monoisotopic (exact) mass is 1130 g/mol. The zero-order valence-electron chi connectivity index (χ0n) is 43.4. The lowest BCUT2D eigenvalue weighted by Crippen LogP contribution is -2.32. The lowest BCUT2D eigenvalue weighted by molar-refractivity contribution is -0.385. The lowest BCUT2D eigenvalue weighted by Gasteiger charge is -2.29. The molecule has 0 spiro atoms. The highest BCUT2D eigenvalue weighted by Crippen LogP contribution is 2.40. The van der Waals surface area contributed by atoms with Gasteiger partial charge in [0.15, 0.2) is 0 Å². The minimum absolute atomic E-state index is 0.0547. The molecule has 2 aliphatic carbocycles. The highest BCUT2D eigenvalue weighted by atomic mass is 19.4. The summed E-state index contributed by atoms with van der Waals surface area (Å²) in [4.78, 5) is 29.1. The number of hydrogen-bond acceptors (Lipinski definition) is 14. The molecule has 0 N–H and O–H groups in total. The first-order valence-corrected chi connectivity index (χ1v) is 25.3. The van der Waals surface area contributed by atoms with Crippen LogP contribution in [-0.4, -0.2) is 81.5 Å². The summed E-state index contributed by atoms with van der Waals surface area (Å²) in [6.07, 6.45) is -8.18. The second-order valence-electron chi connectivity index (χ2n) is 19.5. The number of nitro groups is 1. The third-order valence-corrected chi connectivity index (χ3v) is 13.6. The van der Waals surface area contributed by atoms with Crippen molar-refractivity contribution in [3.8, 4) is 0 Å². The van der Waals surface area contributed by atoms with Crippen LogP contribution in [0.25, 0.3) is 0 Å². The van der Waals surface area contributed by atoms with Crippen molar-refractivity contribution in [2.24, 2.45) is 25.9 Å². The fraction of sp³-hybridized carbons (Fsp3) is 0.520. The molecule has 0 radical (unpaired) electrons. The quantitative estimate of drug-likeness (QED) is 0.0426. The molecule has 4 heterocycles. The van der Waals surface area contributed by atoms with Crippen LogP contribution in [0.2, 0.25) is 0 Å². The molecule has 79 heavy (non-hydrogen) atoms. The zero-order valence-corrected chi connectivity index (χ0v) is 43.4. The molecule has 0 bridgehead atoms. The van der Waals surface area contributed by atoms with Gasteiger partial charge in [0.2, 0.25) is 0 Å². The minimum atomic E-state index is -5.02. The van der Waals surface area contributed by atoms with E-state index in [-0.39, 0.29) is 60.5 Å². The van der Waals surface area contributed by atoms with E-state index in [0.29, 0.717) is 55.0 Å². The lowest BCUT2D eigenvalue weighted by atomic mass is 10.0. The molecule has 6 aromatic rings. The van der Waals surface area contributed by atoms with E-state index in [1.165, 1.54) is 47.6 Å². The number of aromatic nitrogens is 10. The van der Waals surface area contributed by atoms with Crippen molar-refractivity contribution in [2.45, 2.75) is 116 Å². The molecule has 0 unspecified atom stereocenters. The summed E-state index contributed by atoms with van der Waals surface area (Å²) in [6.45, 7) is 5.76. The summed E-state index contributed by atoms with van der Waals surface area (Å²) in [5.41, 5.74) is -5.36. The van der Waals surface area contributed by atoms with Gasteiger partial charge in [-0.3, -0.25) is 10.1 Å². The van der Waals surface area contributed by atoms with Gasteiger partial charge in [-0.1, -0.05) is 41.9 Å². The van der Waals surface area contributed by atoms with E-state index < -0.39 is 58.4 Å². The highest BCUT2D eigenvalue weighted by molar-refractivity contribution is 5.54. The molecule has 428 valence electrons. The van der Waals surface area contributed by atoms with Crippen molar-refractivity contribution in [2.75, 3.05) is 45.8 Å². The fourth-order valence-corrected chi connectivity index (χ4v) is 9.84. The second-order valence-corrected chi connectivity index (χ2v) is 19.5. The summed E-state index contributed by atoms with van der Waals surface area (Å²) in [7, 11) is 2.97. The fourth-order valence-electron chi connectivity index (χ4n) is 9.84. The van der Waals surface area contributed by atoms with E-state index in [1.807, 2.05) is 24.8 Å². The van der Waals surface area contributed by atoms with Crippen LogP contribution in [0.1, 0.15) is 110 Å². The first-order valence-electron chi connectivity index (χ1n) is 25.3. The Kier molecular flexibility index (Phi) is 18.6. The molecule has 2 aliphatic rings. The van der Waals surface area contributed by atoms with E-state index in [4.69, 9.17) is 0 Å². The molecule has 17 nitrogen and oxygen atoms in total. The average molecular weight is 1130 g/mol. The molecule has 0 amide bonds. The number of tetrazole rings is 2. The Morgan fingerprint density at radius 1 is 0.557 bits per heavy atom. The molecule has 2 aromatic carbocycles. The normalized spacial score (nSPS) is 14.6. The highest BCUT2D eigenvalue weighted by Gasteiger charge is 2.39. The molecule has 4 aromatic heterocycles. The first-order chi connectivity index (χ1) is 37.2. The van der Waals surface area contributed by atoms with Crippen LogP contribution in [0.15, 0.2) is 67.0 Å². The predicted octanol–water partition coefficient (Wildman–Crippen LogP) is 11.6. The van der Waals surface area contributed by atoms with Gasteiger partial charge in [0.05, 0.1) is 47.8 Å². The Labute approximate surface area is 445 Å². The van der Waals surface area contributed by atoms with Gasteiger partial charge >= 0.3 is 24.7 Å². The second kappa shape index (κ2) is 24.8. The molecular formula is C50H57F12N15O2. The summed E-state index contributed by atoms with van der Waals surface area (Å²) in [5.74, 6) is 2.09. The number of nitrogens with zero attached hydrogens (tertiary/aromatic N) is 15. The van der Waals surface area contributed by atoms with Gasteiger partial charge < -0.3 is 19.6 Å². The van der Waals surface area contributed by atoms with E-state index in [9.17, 15) is 62.8 Å². The SMILES string of the molecule is CCN(CC1CCCC1)c1ncc([N+](=O)[O-])cc1CN(Cc1cc(C(F)(F)F)cc(C(F)(F)F)c1)c1nnn(C)n1.CCN(CC1CCCC1)c1ncccc1CN(Cc1cc(C(F)(F)F)cc(C(F)(F)F)c1)c1nnn(C)n1. The maximum atomic E-state index is 13.5. The average Bonchev–Trinajstić information content (AvgIpc) is 4.27. The van der Waals surface area contributed by atoms with Gasteiger partial charge in [0, 0.05) is 69.2 Å². The Hall–Kier alpha value is -7.36. The summed E-state index contributed by atoms with van der Waals surface area (Å²) in [6, 6.07) is 7.77. The first kappa shape index (κ1) is 59.3. The Morgan fingerprint density at radius 3 is 1.30 bits per heavy atom. The molecule has 8 rings (SSSR count). The van der Waals surface area contributed by atoms with Crippen LogP contribution in [0.5, 0.6) is 0 Å². The van der Waals surface area contributed by atoms with Crippen LogP contribution in [0.4, 0.5) is 81.9 Å². The maximum Gasteiger partial charge on any atom is 0.416 e. The van der Waals surface area contributed by atoms with Gasteiger partial charge in [-0.25, -0.2) is 9.97 Å². The summed E-state index contributed by atoms with van der Waals surface area (Å²) >= 11 is 0. The number of alkyl halides is 12. The Morgan fingerprint density at radius 2 is 0.949 bits per heavy atom. The van der Waals surface area contributed by atoms with E-state index in [2.05, 4.69) is 45.7 Å². The Bertz CT molecular complexity index is 2920. The standard InChI is InChI=1S/C25H28F6N8O2.C25H29F6N7/c1-3-37(13-16-6-4-5-7-16)22-18(10-21(12-32-22)39(40)41)15-38(23-33-35-36(2)34-23)14-17-8-19(24(26,27)28)11-20(9-17)25(29,30)31;1-3-37(14-17-7-4-5-8-17)22-19(9-6-10-32-22)16-38(23-33-35-36(2)34-23)15-18-11-20(24(26,27)28)13-21(12-18)25(29,30)31/h8-12,16H,3-7,13-15H2,1-2H3;6,9-13,17H,3-5,7-8,14-16H2,1-2H3. The van der Waals surface area contributed by atoms with Crippen molar-refractivity contribution < 1.29 is 57.6 Å². The van der Waals surface area contributed by atoms with Crippen molar-refractivity contribution in [3.63, 3.8) is 0 Å².